The van der Waals surface area contributed by atoms with Crippen molar-refractivity contribution in [3.8, 4) is 11.5 Å². The minimum atomic E-state index is 0. The van der Waals surface area contributed by atoms with E-state index in [9.17, 15) is 0 Å². The molecule has 0 amide bonds. The Hall–Kier alpha value is -2.69. The number of aryl methyl sites for hydroxylation is 1. The molecule has 1 fully saturated rings. The van der Waals surface area contributed by atoms with Gasteiger partial charge in [-0.15, -0.1) is 24.0 Å². The van der Waals surface area contributed by atoms with Crippen LogP contribution in [-0.4, -0.2) is 55.4 Å². The van der Waals surface area contributed by atoms with E-state index in [0.29, 0.717) is 12.6 Å². The molecule has 0 bridgehead atoms. The number of hydrogen-bond donors (Lipinski definition) is 2. The van der Waals surface area contributed by atoms with Gasteiger partial charge in [0.05, 0.1) is 25.3 Å². The number of ether oxygens (including phenoxy) is 2. The first kappa shape index (κ1) is 24.9. The average molecular weight is 564 g/mol. The molecule has 1 unspecified atom stereocenters. The van der Waals surface area contributed by atoms with Crippen molar-refractivity contribution in [1.82, 2.24) is 20.2 Å². The lowest BCUT2D eigenvalue weighted by Gasteiger charge is -2.21. The molecule has 0 radical (unpaired) electrons. The number of aliphatic imine (C=N–C) groups is 1. The van der Waals surface area contributed by atoms with Gasteiger partial charge in [0.25, 0.3) is 0 Å². The summed E-state index contributed by atoms with van der Waals surface area (Å²) in [5, 5.41) is 6.96. The Kier molecular flexibility index (Phi) is 8.65. The molecule has 1 aliphatic rings. The van der Waals surface area contributed by atoms with Gasteiger partial charge < -0.3 is 29.6 Å². The second kappa shape index (κ2) is 11.4. The maximum Gasteiger partial charge on any atom is 0.191 e. The van der Waals surface area contributed by atoms with E-state index in [2.05, 4.69) is 45.2 Å². The molecule has 0 spiro atoms. The number of nitrogens with one attached hydrogen (secondary N) is 2. The third kappa shape index (κ3) is 5.82. The number of halogens is 1. The van der Waals surface area contributed by atoms with Crippen LogP contribution in [0.1, 0.15) is 19.2 Å². The van der Waals surface area contributed by atoms with E-state index in [1.54, 1.807) is 14.2 Å². The number of fused-ring (bicyclic) bond motifs is 1. The van der Waals surface area contributed by atoms with Crippen molar-refractivity contribution < 1.29 is 9.47 Å². The van der Waals surface area contributed by atoms with Crippen LogP contribution in [0.25, 0.3) is 11.0 Å². The fraction of sp³-hybridized carbons (Fsp3) is 0.417. The van der Waals surface area contributed by atoms with Crippen LogP contribution >= 0.6 is 24.0 Å². The van der Waals surface area contributed by atoms with Crippen molar-refractivity contribution in [3.05, 3.63) is 48.3 Å². The second-order valence-electron chi connectivity index (χ2n) is 7.92. The zero-order valence-electron chi connectivity index (χ0n) is 19.7. The SMILES string of the molecule is CCNC(=NCc1nc2ccccc2n1C)NC1CCN(c2cc(OC)cc(OC)c2)C1.I. The predicted octanol–water partition coefficient (Wildman–Crippen LogP) is 3.54. The molecule has 33 heavy (non-hydrogen) atoms. The van der Waals surface area contributed by atoms with E-state index in [-0.39, 0.29) is 24.0 Å². The molecule has 1 saturated heterocycles. The van der Waals surface area contributed by atoms with Crippen LogP contribution in [0.4, 0.5) is 5.69 Å². The van der Waals surface area contributed by atoms with Crippen LogP contribution < -0.4 is 25.0 Å². The molecule has 1 aromatic heterocycles. The van der Waals surface area contributed by atoms with E-state index in [1.165, 1.54) is 0 Å². The van der Waals surface area contributed by atoms with Crippen LogP contribution in [0.2, 0.25) is 0 Å². The van der Waals surface area contributed by atoms with Gasteiger partial charge in [-0.05, 0) is 25.5 Å². The molecule has 2 aromatic carbocycles. The maximum atomic E-state index is 5.43. The van der Waals surface area contributed by atoms with Crippen LogP contribution in [-0.2, 0) is 13.6 Å². The molecular weight excluding hydrogens is 531 g/mol. The lowest BCUT2D eigenvalue weighted by Crippen LogP contribution is -2.44. The predicted molar refractivity (Wildman–Crippen MR) is 144 cm³/mol. The van der Waals surface area contributed by atoms with Crippen LogP contribution in [0.5, 0.6) is 11.5 Å². The Bertz CT molecular complexity index is 1080. The molecular formula is C24H33IN6O2. The van der Waals surface area contributed by atoms with E-state index in [1.807, 2.05) is 31.3 Å². The van der Waals surface area contributed by atoms with Crippen molar-refractivity contribution in [1.29, 1.82) is 0 Å². The summed E-state index contributed by atoms with van der Waals surface area (Å²) in [6.45, 7) is 5.24. The average Bonchev–Trinajstić information content (AvgIpc) is 3.42. The smallest absolute Gasteiger partial charge is 0.191 e. The van der Waals surface area contributed by atoms with E-state index >= 15 is 0 Å². The number of para-hydroxylation sites is 2. The summed E-state index contributed by atoms with van der Waals surface area (Å²) in [6, 6.07) is 14.5. The Morgan fingerprint density at radius 3 is 2.55 bits per heavy atom. The molecule has 3 aromatic rings. The summed E-state index contributed by atoms with van der Waals surface area (Å²) in [4.78, 5) is 11.9. The Morgan fingerprint density at radius 2 is 1.88 bits per heavy atom. The van der Waals surface area contributed by atoms with Crippen molar-refractivity contribution in [2.24, 2.45) is 12.0 Å². The zero-order chi connectivity index (χ0) is 22.5. The van der Waals surface area contributed by atoms with Crippen molar-refractivity contribution in [2.45, 2.75) is 25.9 Å². The van der Waals surface area contributed by atoms with E-state index in [4.69, 9.17) is 19.5 Å². The molecule has 2 N–H and O–H groups in total. The van der Waals surface area contributed by atoms with Crippen molar-refractivity contribution in [2.75, 3.05) is 38.8 Å². The topological polar surface area (TPSA) is 75.9 Å². The normalized spacial score (nSPS) is 15.9. The third-order valence-corrected chi connectivity index (χ3v) is 5.83. The van der Waals surface area contributed by atoms with E-state index < -0.39 is 0 Å². The van der Waals surface area contributed by atoms with Crippen LogP contribution in [0.15, 0.2) is 47.5 Å². The largest absolute Gasteiger partial charge is 0.497 e. The number of rotatable bonds is 7. The minimum absolute atomic E-state index is 0. The molecule has 1 atom stereocenters. The van der Waals surface area contributed by atoms with E-state index in [0.717, 1.165) is 66.1 Å². The number of aromatic nitrogens is 2. The van der Waals surface area contributed by atoms with Crippen LogP contribution in [0.3, 0.4) is 0 Å². The molecule has 178 valence electrons. The highest BCUT2D eigenvalue weighted by molar-refractivity contribution is 14.0. The summed E-state index contributed by atoms with van der Waals surface area (Å²) in [6.07, 6.45) is 1.02. The summed E-state index contributed by atoms with van der Waals surface area (Å²) in [7, 11) is 5.39. The highest BCUT2D eigenvalue weighted by Gasteiger charge is 2.24. The molecule has 8 nitrogen and oxygen atoms in total. The Balaban J connectivity index is 0.00000306. The minimum Gasteiger partial charge on any atom is -0.497 e. The van der Waals surface area contributed by atoms with Crippen LogP contribution in [0, 0.1) is 0 Å². The number of benzene rings is 2. The monoisotopic (exact) mass is 564 g/mol. The number of nitrogens with zero attached hydrogens (tertiary/aromatic N) is 4. The zero-order valence-corrected chi connectivity index (χ0v) is 22.0. The summed E-state index contributed by atoms with van der Waals surface area (Å²) in [5.41, 5.74) is 3.22. The molecule has 0 aliphatic carbocycles. The molecule has 2 heterocycles. The van der Waals surface area contributed by atoms with Crippen molar-refractivity contribution in [3.63, 3.8) is 0 Å². The van der Waals surface area contributed by atoms with Gasteiger partial charge in [-0.1, -0.05) is 12.1 Å². The van der Waals surface area contributed by atoms with Gasteiger partial charge in [-0.2, -0.15) is 0 Å². The molecule has 4 rings (SSSR count). The maximum absolute atomic E-state index is 5.43. The van der Waals surface area contributed by atoms with Gasteiger partial charge in [0.1, 0.15) is 23.9 Å². The quantitative estimate of drug-likeness (QED) is 0.260. The van der Waals surface area contributed by atoms with Gasteiger partial charge >= 0.3 is 0 Å². The lowest BCUT2D eigenvalue weighted by molar-refractivity contribution is 0.394. The van der Waals surface area contributed by atoms with Gasteiger partial charge in [-0.25, -0.2) is 9.98 Å². The highest BCUT2D eigenvalue weighted by Crippen LogP contribution is 2.30. The highest BCUT2D eigenvalue weighted by atomic mass is 127. The lowest BCUT2D eigenvalue weighted by atomic mass is 10.2. The number of anilines is 1. The second-order valence-corrected chi connectivity index (χ2v) is 7.92. The fourth-order valence-electron chi connectivity index (χ4n) is 4.09. The third-order valence-electron chi connectivity index (χ3n) is 5.83. The van der Waals surface area contributed by atoms with Crippen molar-refractivity contribution >= 4 is 46.7 Å². The first-order valence-electron chi connectivity index (χ1n) is 11.0. The molecule has 9 heteroatoms. The number of methoxy groups -OCH3 is 2. The van der Waals surface area contributed by atoms with Gasteiger partial charge in [0.15, 0.2) is 5.96 Å². The first-order valence-corrected chi connectivity index (χ1v) is 11.0. The molecule has 1 aliphatic heterocycles. The summed E-state index contributed by atoms with van der Waals surface area (Å²) >= 11 is 0. The number of hydrogen-bond acceptors (Lipinski definition) is 5. The Morgan fingerprint density at radius 1 is 1.15 bits per heavy atom. The summed E-state index contributed by atoms with van der Waals surface area (Å²) in [5.74, 6) is 3.36. The number of guanidine groups is 1. The van der Waals surface area contributed by atoms with Gasteiger partial charge in [-0.3, -0.25) is 0 Å². The number of imidazole rings is 1. The standard InChI is InChI=1S/C24H32N6O2.HI/c1-5-25-24(26-15-23-28-21-8-6-7-9-22(21)29(23)2)27-17-10-11-30(16-17)18-12-19(31-3)14-20(13-18)32-4;/h6-9,12-14,17H,5,10-11,15-16H2,1-4H3,(H2,25,26,27);1H. The fourth-order valence-corrected chi connectivity index (χ4v) is 4.09. The van der Waals surface area contributed by atoms with Gasteiger partial charge in [0, 0.05) is 56.6 Å². The Labute approximate surface area is 212 Å². The summed E-state index contributed by atoms with van der Waals surface area (Å²) < 4.78 is 13.0. The first-order chi connectivity index (χ1) is 15.6. The molecule has 0 saturated carbocycles. The van der Waals surface area contributed by atoms with Gasteiger partial charge in [0.2, 0.25) is 0 Å².